The largest absolute Gasteiger partial charge is 0.497 e. The van der Waals surface area contributed by atoms with Crippen LogP contribution in [-0.4, -0.2) is 17.3 Å². The Hall–Kier alpha value is -1.97. The molecule has 0 radical (unpaired) electrons. The van der Waals surface area contributed by atoms with Crippen LogP contribution in [0.5, 0.6) is 11.5 Å². The van der Waals surface area contributed by atoms with Crippen molar-refractivity contribution in [1.29, 1.82) is 0 Å². The first-order valence-electron chi connectivity index (χ1n) is 4.63. The summed E-state index contributed by atoms with van der Waals surface area (Å²) in [6.45, 7) is 0.511. The van der Waals surface area contributed by atoms with Gasteiger partial charge in [0.15, 0.2) is 5.75 Å². The van der Waals surface area contributed by atoms with Crippen molar-refractivity contribution in [1.82, 2.24) is 10.2 Å². The molecule has 0 aliphatic heterocycles. The van der Waals surface area contributed by atoms with Crippen LogP contribution in [0.2, 0.25) is 0 Å². The van der Waals surface area contributed by atoms with Gasteiger partial charge in [-0.3, -0.25) is 5.10 Å². The Balaban J connectivity index is 1.98. The van der Waals surface area contributed by atoms with Crippen molar-refractivity contribution in [2.75, 3.05) is 7.11 Å². The molecule has 78 valence electrons. The molecule has 0 aliphatic carbocycles. The molecule has 1 heterocycles. The minimum Gasteiger partial charge on any atom is -0.497 e. The summed E-state index contributed by atoms with van der Waals surface area (Å²) in [5.74, 6) is 1.57. The third-order valence-corrected chi connectivity index (χ3v) is 2.01. The number of benzene rings is 1. The molecule has 0 saturated carbocycles. The van der Waals surface area contributed by atoms with E-state index in [-0.39, 0.29) is 0 Å². The molecule has 0 aliphatic rings. The van der Waals surface area contributed by atoms with Crippen LogP contribution in [0.15, 0.2) is 36.7 Å². The predicted molar refractivity (Wildman–Crippen MR) is 55.9 cm³/mol. The van der Waals surface area contributed by atoms with E-state index in [1.807, 2.05) is 24.3 Å². The van der Waals surface area contributed by atoms with E-state index < -0.39 is 0 Å². The van der Waals surface area contributed by atoms with E-state index in [1.165, 1.54) is 0 Å². The number of aromatic nitrogens is 2. The van der Waals surface area contributed by atoms with Gasteiger partial charge in [-0.1, -0.05) is 12.1 Å². The van der Waals surface area contributed by atoms with Crippen LogP contribution in [0.25, 0.3) is 0 Å². The monoisotopic (exact) mass is 204 g/mol. The number of methoxy groups -OCH3 is 1. The molecule has 0 saturated heterocycles. The Bertz CT molecular complexity index is 412. The normalized spacial score (nSPS) is 9.93. The summed E-state index contributed by atoms with van der Waals surface area (Å²) < 4.78 is 10.6. The molecule has 1 aromatic carbocycles. The lowest BCUT2D eigenvalue weighted by Gasteiger charge is -2.05. The molecular formula is C11H12N2O2. The molecule has 0 amide bonds. The summed E-state index contributed by atoms with van der Waals surface area (Å²) in [5, 5.41) is 6.48. The molecule has 1 N–H and O–H groups in total. The minimum atomic E-state index is 0.511. The van der Waals surface area contributed by atoms with Gasteiger partial charge in [-0.25, -0.2) is 0 Å². The predicted octanol–water partition coefficient (Wildman–Crippen LogP) is 2.00. The molecule has 0 fully saturated rings. The van der Waals surface area contributed by atoms with Gasteiger partial charge >= 0.3 is 0 Å². The van der Waals surface area contributed by atoms with Crippen LogP contribution in [0.3, 0.4) is 0 Å². The number of hydrogen-bond acceptors (Lipinski definition) is 3. The highest BCUT2D eigenvalue weighted by molar-refractivity contribution is 5.28. The number of nitrogens with one attached hydrogen (secondary N) is 1. The van der Waals surface area contributed by atoms with Crippen molar-refractivity contribution in [3.05, 3.63) is 42.2 Å². The molecule has 1 aromatic heterocycles. The van der Waals surface area contributed by atoms with Gasteiger partial charge < -0.3 is 9.47 Å². The second kappa shape index (κ2) is 4.50. The van der Waals surface area contributed by atoms with Gasteiger partial charge in [-0.05, 0) is 17.7 Å². The molecule has 0 bridgehead atoms. The average molecular weight is 204 g/mol. The summed E-state index contributed by atoms with van der Waals surface area (Å²) in [4.78, 5) is 0. The highest BCUT2D eigenvalue weighted by Crippen LogP contribution is 2.14. The number of nitrogens with zero attached hydrogens (tertiary/aromatic N) is 1. The van der Waals surface area contributed by atoms with E-state index >= 15 is 0 Å². The molecule has 4 nitrogen and oxygen atoms in total. The van der Waals surface area contributed by atoms with Gasteiger partial charge in [-0.2, -0.15) is 5.10 Å². The van der Waals surface area contributed by atoms with E-state index in [2.05, 4.69) is 10.2 Å². The Morgan fingerprint density at radius 2 is 2.27 bits per heavy atom. The van der Waals surface area contributed by atoms with Crippen LogP contribution in [0.1, 0.15) is 5.56 Å². The Morgan fingerprint density at radius 1 is 1.33 bits per heavy atom. The summed E-state index contributed by atoms with van der Waals surface area (Å²) in [6, 6.07) is 7.77. The van der Waals surface area contributed by atoms with Crippen LogP contribution < -0.4 is 9.47 Å². The van der Waals surface area contributed by atoms with Gasteiger partial charge in [0, 0.05) is 0 Å². The van der Waals surface area contributed by atoms with Gasteiger partial charge in [0.1, 0.15) is 12.4 Å². The van der Waals surface area contributed by atoms with Crippen LogP contribution >= 0.6 is 0 Å². The van der Waals surface area contributed by atoms with Crippen LogP contribution in [0, 0.1) is 0 Å². The fourth-order valence-electron chi connectivity index (χ4n) is 1.25. The third kappa shape index (κ3) is 2.49. The van der Waals surface area contributed by atoms with Gasteiger partial charge in [-0.15, -0.1) is 0 Å². The van der Waals surface area contributed by atoms with Crippen LogP contribution in [0.4, 0.5) is 0 Å². The molecular weight excluding hydrogens is 192 g/mol. The fourth-order valence-corrected chi connectivity index (χ4v) is 1.25. The maximum atomic E-state index is 5.48. The first-order valence-corrected chi connectivity index (χ1v) is 4.63. The van der Waals surface area contributed by atoms with Gasteiger partial charge in [0.2, 0.25) is 0 Å². The lowest BCUT2D eigenvalue weighted by Crippen LogP contribution is -1.94. The molecule has 2 rings (SSSR count). The lowest BCUT2D eigenvalue weighted by molar-refractivity contribution is 0.305. The van der Waals surface area contributed by atoms with E-state index in [9.17, 15) is 0 Å². The SMILES string of the molecule is COc1cccc(COc2cn[nH]c2)c1. The molecule has 0 atom stereocenters. The summed E-state index contributed by atoms with van der Waals surface area (Å²) in [6.07, 6.45) is 3.35. The van der Waals surface area contributed by atoms with E-state index in [4.69, 9.17) is 9.47 Å². The molecule has 0 spiro atoms. The zero-order valence-corrected chi connectivity index (χ0v) is 8.43. The molecule has 4 heteroatoms. The second-order valence-electron chi connectivity index (χ2n) is 3.07. The Labute approximate surface area is 87.8 Å². The first kappa shape index (κ1) is 9.58. The smallest absolute Gasteiger partial charge is 0.157 e. The standard InChI is InChI=1S/C11H12N2O2/c1-14-10-4-2-3-9(5-10)8-15-11-6-12-13-7-11/h2-7H,8H2,1H3,(H,12,13). The van der Waals surface area contributed by atoms with E-state index in [0.29, 0.717) is 6.61 Å². The van der Waals surface area contributed by atoms with Crippen molar-refractivity contribution >= 4 is 0 Å². The molecule has 15 heavy (non-hydrogen) atoms. The minimum absolute atomic E-state index is 0.511. The fraction of sp³-hybridized carbons (Fsp3) is 0.182. The molecule has 0 unspecified atom stereocenters. The zero-order valence-electron chi connectivity index (χ0n) is 8.43. The maximum absolute atomic E-state index is 5.48. The summed E-state index contributed by atoms with van der Waals surface area (Å²) in [7, 11) is 1.65. The highest BCUT2D eigenvalue weighted by atomic mass is 16.5. The first-order chi connectivity index (χ1) is 7.38. The van der Waals surface area contributed by atoms with E-state index in [0.717, 1.165) is 17.1 Å². The zero-order chi connectivity index (χ0) is 10.5. The Morgan fingerprint density at radius 3 is 3.00 bits per heavy atom. The second-order valence-corrected chi connectivity index (χ2v) is 3.07. The number of rotatable bonds is 4. The highest BCUT2D eigenvalue weighted by Gasteiger charge is 1.98. The van der Waals surface area contributed by atoms with Crippen molar-refractivity contribution in [3.63, 3.8) is 0 Å². The van der Waals surface area contributed by atoms with Gasteiger partial charge in [0.05, 0.1) is 19.5 Å². The maximum Gasteiger partial charge on any atom is 0.157 e. The number of aromatic amines is 1. The van der Waals surface area contributed by atoms with Crippen molar-refractivity contribution < 1.29 is 9.47 Å². The lowest BCUT2D eigenvalue weighted by atomic mass is 10.2. The summed E-state index contributed by atoms with van der Waals surface area (Å²) >= 11 is 0. The molecule has 2 aromatic rings. The average Bonchev–Trinajstić information content (AvgIpc) is 2.79. The van der Waals surface area contributed by atoms with Crippen molar-refractivity contribution in [3.8, 4) is 11.5 Å². The van der Waals surface area contributed by atoms with Gasteiger partial charge in [0.25, 0.3) is 0 Å². The third-order valence-electron chi connectivity index (χ3n) is 2.01. The number of hydrogen-bond donors (Lipinski definition) is 1. The summed E-state index contributed by atoms with van der Waals surface area (Å²) in [5.41, 5.74) is 1.07. The van der Waals surface area contributed by atoms with Crippen molar-refractivity contribution in [2.24, 2.45) is 0 Å². The topological polar surface area (TPSA) is 47.1 Å². The number of ether oxygens (including phenoxy) is 2. The van der Waals surface area contributed by atoms with Crippen molar-refractivity contribution in [2.45, 2.75) is 6.61 Å². The van der Waals surface area contributed by atoms with E-state index in [1.54, 1.807) is 19.5 Å². The quantitative estimate of drug-likeness (QED) is 0.828. The Kier molecular flexibility index (Phi) is 2.88. The number of H-pyrrole nitrogens is 1. The van der Waals surface area contributed by atoms with Crippen LogP contribution in [-0.2, 0) is 6.61 Å².